The molecule has 1 unspecified atom stereocenters. The number of halogens is 1. The maximum Gasteiger partial charge on any atom is 0.338 e. The third kappa shape index (κ3) is 3.90. The molecular formula is C19H23BrN2O5. The zero-order chi connectivity index (χ0) is 19.6. The van der Waals surface area contributed by atoms with Gasteiger partial charge in [0.15, 0.2) is 11.5 Å². The average molecular weight is 439 g/mol. The second kappa shape index (κ2) is 8.21. The second-order valence-corrected chi connectivity index (χ2v) is 7.36. The number of carbonyl (C=O) groups excluding carboxylic acids is 2. The van der Waals surface area contributed by atoms with Gasteiger partial charge in [-0.2, -0.15) is 0 Å². The Morgan fingerprint density at radius 3 is 2.74 bits per heavy atom. The summed E-state index contributed by atoms with van der Waals surface area (Å²) >= 11 is 3.52. The van der Waals surface area contributed by atoms with Crippen molar-refractivity contribution in [2.45, 2.75) is 39.2 Å². The molecule has 7 nitrogen and oxygen atoms in total. The molecular weight excluding hydrogens is 416 g/mol. The fourth-order valence-corrected chi connectivity index (χ4v) is 3.63. The van der Waals surface area contributed by atoms with Crippen molar-refractivity contribution in [1.29, 1.82) is 0 Å². The Morgan fingerprint density at radius 2 is 2.04 bits per heavy atom. The van der Waals surface area contributed by atoms with Gasteiger partial charge < -0.3 is 24.4 Å². The van der Waals surface area contributed by atoms with E-state index in [1.165, 1.54) is 4.90 Å². The van der Waals surface area contributed by atoms with Crippen molar-refractivity contribution in [3.8, 4) is 11.5 Å². The van der Waals surface area contributed by atoms with Crippen molar-refractivity contribution in [3.05, 3.63) is 33.4 Å². The van der Waals surface area contributed by atoms with Crippen molar-refractivity contribution < 1.29 is 23.8 Å². The number of hydrogen-bond donors (Lipinski definition) is 1. The van der Waals surface area contributed by atoms with Crippen LogP contribution in [0.5, 0.6) is 11.5 Å². The van der Waals surface area contributed by atoms with Gasteiger partial charge in [0.1, 0.15) is 0 Å². The molecule has 8 heteroatoms. The number of allylic oxidation sites excluding steroid dienone is 1. The van der Waals surface area contributed by atoms with Crippen molar-refractivity contribution in [1.82, 2.24) is 10.2 Å². The molecule has 0 spiro atoms. The molecule has 146 valence electrons. The Morgan fingerprint density at radius 1 is 1.33 bits per heavy atom. The largest absolute Gasteiger partial charge is 0.462 e. The van der Waals surface area contributed by atoms with Gasteiger partial charge in [0.2, 0.25) is 6.79 Å². The van der Waals surface area contributed by atoms with E-state index in [-0.39, 0.29) is 12.8 Å². The summed E-state index contributed by atoms with van der Waals surface area (Å²) in [4.78, 5) is 26.6. The number of fused-ring (bicyclic) bond motifs is 1. The average Bonchev–Trinajstić information content (AvgIpc) is 3.09. The first-order valence-corrected chi connectivity index (χ1v) is 9.74. The summed E-state index contributed by atoms with van der Waals surface area (Å²) in [6, 6.07) is 2.63. The van der Waals surface area contributed by atoms with Crippen LogP contribution in [0.2, 0.25) is 0 Å². The SMILES string of the molecule is CCCCCOC(=O)C1=C(C)N(C)C(=O)NC1c1cc2c(cc1Br)OCO2. The summed E-state index contributed by atoms with van der Waals surface area (Å²) < 4.78 is 17.0. The van der Waals surface area contributed by atoms with Crippen molar-refractivity contribution in [3.63, 3.8) is 0 Å². The molecule has 0 bridgehead atoms. The van der Waals surface area contributed by atoms with E-state index < -0.39 is 12.0 Å². The van der Waals surface area contributed by atoms with Crippen molar-refractivity contribution in [2.24, 2.45) is 0 Å². The molecule has 0 aliphatic carbocycles. The minimum absolute atomic E-state index is 0.145. The van der Waals surface area contributed by atoms with E-state index in [9.17, 15) is 9.59 Å². The van der Waals surface area contributed by atoms with Gasteiger partial charge in [0.25, 0.3) is 0 Å². The molecule has 0 aromatic heterocycles. The number of rotatable bonds is 6. The fourth-order valence-electron chi connectivity index (χ4n) is 3.08. The number of ether oxygens (including phenoxy) is 3. The van der Waals surface area contributed by atoms with E-state index in [0.29, 0.717) is 39.4 Å². The van der Waals surface area contributed by atoms with Crippen LogP contribution < -0.4 is 14.8 Å². The topological polar surface area (TPSA) is 77.1 Å². The van der Waals surface area contributed by atoms with Crippen LogP contribution in [0.3, 0.4) is 0 Å². The summed E-state index contributed by atoms with van der Waals surface area (Å²) in [7, 11) is 1.62. The molecule has 1 atom stereocenters. The van der Waals surface area contributed by atoms with Gasteiger partial charge in [-0.05, 0) is 31.0 Å². The normalized spacial score (nSPS) is 18.6. The highest BCUT2D eigenvalue weighted by atomic mass is 79.9. The number of amides is 2. The molecule has 2 heterocycles. The summed E-state index contributed by atoms with van der Waals surface area (Å²) in [5.74, 6) is 0.772. The lowest BCUT2D eigenvalue weighted by molar-refractivity contribution is -0.139. The minimum Gasteiger partial charge on any atom is -0.462 e. The van der Waals surface area contributed by atoms with E-state index in [0.717, 1.165) is 19.3 Å². The first-order chi connectivity index (χ1) is 12.9. The summed E-state index contributed by atoms with van der Waals surface area (Å²) in [6.07, 6.45) is 2.86. The second-order valence-electron chi connectivity index (χ2n) is 6.51. The van der Waals surface area contributed by atoms with Crippen LogP contribution in [0, 0.1) is 0 Å². The van der Waals surface area contributed by atoms with Gasteiger partial charge >= 0.3 is 12.0 Å². The molecule has 2 aliphatic rings. The Bertz CT molecular complexity index is 793. The molecule has 0 fully saturated rings. The lowest BCUT2D eigenvalue weighted by Gasteiger charge is -2.33. The highest BCUT2D eigenvalue weighted by Crippen LogP contribution is 2.42. The maximum absolute atomic E-state index is 12.8. The smallest absolute Gasteiger partial charge is 0.338 e. The van der Waals surface area contributed by atoms with E-state index in [1.807, 2.05) is 0 Å². The molecule has 2 amide bonds. The first-order valence-electron chi connectivity index (χ1n) is 8.95. The predicted octanol–water partition coefficient (Wildman–Crippen LogP) is 3.88. The first kappa shape index (κ1) is 19.5. The van der Waals surface area contributed by atoms with Gasteiger partial charge in [-0.25, -0.2) is 9.59 Å². The summed E-state index contributed by atoms with van der Waals surface area (Å²) in [5.41, 5.74) is 1.68. The van der Waals surface area contributed by atoms with Crippen molar-refractivity contribution >= 4 is 27.9 Å². The van der Waals surface area contributed by atoms with Crippen LogP contribution in [-0.2, 0) is 9.53 Å². The molecule has 0 radical (unpaired) electrons. The highest BCUT2D eigenvalue weighted by molar-refractivity contribution is 9.10. The van der Waals surface area contributed by atoms with E-state index in [2.05, 4.69) is 28.2 Å². The zero-order valence-corrected chi connectivity index (χ0v) is 17.2. The van der Waals surface area contributed by atoms with Crippen molar-refractivity contribution in [2.75, 3.05) is 20.4 Å². The number of urea groups is 1. The number of hydrogen-bond acceptors (Lipinski definition) is 5. The Hall–Kier alpha value is -2.22. The molecule has 1 aromatic carbocycles. The minimum atomic E-state index is -0.642. The van der Waals surface area contributed by atoms with Crippen LogP contribution in [0.1, 0.15) is 44.7 Å². The maximum atomic E-state index is 12.8. The van der Waals surface area contributed by atoms with Crippen LogP contribution >= 0.6 is 15.9 Å². The Balaban J connectivity index is 1.94. The third-order valence-corrected chi connectivity index (χ3v) is 5.44. The van der Waals surface area contributed by atoms with E-state index >= 15 is 0 Å². The number of carbonyl (C=O) groups is 2. The van der Waals surface area contributed by atoms with E-state index in [4.69, 9.17) is 14.2 Å². The Kier molecular flexibility index (Phi) is 5.94. The third-order valence-electron chi connectivity index (χ3n) is 4.76. The number of unbranched alkanes of at least 4 members (excludes halogenated alkanes) is 2. The number of benzene rings is 1. The van der Waals surface area contributed by atoms with Crippen LogP contribution in [0.15, 0.2) is 27.9 Å². The van der Waals surface area contributed by atoms with Gasteiger partial charge in [-0.3, -0.25) is 0 Å². The van der Waals surface area contributed by atoms with Crippen LogP contribution in [0.4, 0.5) is 4.79 Å². The lowest BCUT2D eigenvalue weighted by Crippen LogP contribution is -2.46. The quantitative estimate of drug-likeness (QED) is 0.538. The molecule has 1 aromatic rings. The summed E-state index contributed by atoms with van der Waals surface area (Å²) in [6.45, 7) is 4.34. The molecule has 1 N–H and O–H groups in total. The summed E-state index contributed by atoms with van der Waals surface area (Å²) in [5, 5.41) is 2.88. The Labute approximate surface area is 166 Å². The van der Waals surface area contributed by atoms with Gasteiger partial charge in [-0.1, -0.05) is 35.7 Å². The monoisotopic (exact) mass is 438 g/mol. The molecule has 3 rings (SSSR count). The predicted molar refractivity (Wildman–Crippen MR) is 102 cm³/mol. The highest BCUT2D eigenvalue weighted by Gasteiger charge is 2.36. The molecule has 2 aliphatic heterocycles. The lowest BCUT2D eigenvalue weighted by atomic mass is 9.94. The fraction of sp³-hybridized carbons (Fsp3) is 0.474. The number of nitrogens with one attached hydrogen (secondary N) is 1. The van der Waals surface area contributed by atoms with Gasteiger partial charge in [-0.15, -0.1) is 0 Å². The zero-order valence-electron chi connectivity index (χ0n) is 15.6. The molecule has 0 saturated heterocycles. The van der Waals surface area contributed by atoms with Gasteiger partial charge in [0.05, 0.1) is 18.2 Å². The number of nitrogens with zero attached hydrogens (tertiary/aromatic N) is 1. The van der Waals surface area contributed by atoms with Crippen LogP contribution in [0.25, 0.3) is 0 Å². The van der Waals surface area contributed by atoms with Gasteiger partial charge in [0, 0.05) is 17.2 Å². The molecule has 0 saturated carbocycles. The van der Waals surface area contributed by atoms with Crippen LogP contribution in [-0.4, -0.2) is 37.3 Å². The van der Waals surface area contributed by atoms with E-state index in [1.54, 1.807) is 26.1 Å². The standard InChI is InChI=1S/C19H23BrN2O5/c1-4-5-6-7-25-18(23)16-11(2)22(3)19(24)21-17(16)12-8-14-15(9-13(12)20)27-10-26-14/h8-9,17H,4-7,10H2,1-3H3,(H,21,24). The number of esters is 1. The molecule has 27 heavy (non-hydrogen) atoms.